The van der Waals surface area contributed by atoms with E-state index in [9.17, 15) is 0 Å². The third-order valence-electron chi connectivity index (χ3n) is 3.09. The van der Waals surface area contributed by atoms with Crippen molar-refractivity contribution in [3.63, 3.8) is 0 Å². The van der Waals surface area contributed by atoms with Crippen LogP contribution in [0, 0.1) is 0 Å². The van der Waals surface area contributed by atoms with Gasteiger partial charge in [0.1, 0.15) is 0 Å². The van der Waals surface area contributed by atoms with Gasteiger partial charge in [-0.2, -0.15) is 0 Å². The molecule has 1 heterocycles. The molecule has 1 aromatic rings. The van der Waals surface area contributed by atoms with Crippen LogP contribution in [0.5, 0.6) is 11.5 Å². The first-order chi connectivity index (χ1) is 7.72. The summed E-state index contributed by atoms with van der Waals surface area (Å²) < 4.78 is 12.5. The first-order valence-electron chi connectivity index (χ1n) is 5.30. The van der Waals surface area contributed by atoms with Gasteiger partial charge >= 0.3 is 0 Å². The lowest BCUT2D eigenvalue weighted by Crippen LogP contribution is -2.45. The molecule has 0 atom stereocenters. The van der Waals surface area contributed by atoms with E-state index in [0.717, 1.165) is 40.8 Å². The van der Waals surface area contributed by atoms with Crippen LogP contribution in [0.3, 0.4) is 0 Å². The molecule has 0 unspecified atom stereocenters. The number of halogens is 1. The summed E-state index contributed by atoms with van der Waals surface area (Å²) in [5.41, 5.74) is 3.08. The van der Waals surface area contributed by atoms with Crippen molar-refractivity contribution in [1.29, 1.82) is 0 Å². The Kier molecular flexibility index (Phi) is 2.34. The molecule has 1 spiro atoms. The van der Waals surface area contributed by atoms with E-state index in [0.29, 0.717) is 6.54 Å². The van der Waals surface area contributed by atoms with Crippen LogP contribution >= 0.6 is 15.9 Å². The number of ether oxygens (including phenoxy) is 2. The molecule has 86 valence electrons. The van der Waals surface area contributed by atoms with E-state index < -0.39 is 5.79 Å². The Bertz CT molecular complexity index is 431. The maximum Gasteiger partial charge on any atom is 0.251 e. The number of nitrogens with one attached hydrogen (secondary N) is 1. The Morgan fingerprint density at radius 1 is 1.31 bits per heavy atom. The lowest BCUT2D eigenvalue weighted by Gasteiger charge is -2.35. The van der Waals surface area contributed by atoms with Crippen molar-refractivity contribution >= 4 is 15.9 Å². The van der Waals surface area contributed by atoms with Gasteiger partial charge in [-0.1, -0.05) is 15.9 Å². The van der Waals surface area contributed by atoms with Gasteiger partial charge in [-0.25, -0.2) is 5.48 Å². The summed E-state index contributed by atoms with van der Waals surface area (Å²) in [6.07, 6.45) is 3.06. The molecule has 0 amide bonds. The maximum absolute atomic E-state index is 8.71. The van der Waals surface area contributed by atoms with E-state index in [4.69, 9.17) is 14.7 Å². The second-order valence-electron chi connectivity index (χ2n) is 4.19. The number of benzene rings is 1. The molecular weight excluding hydrogens is 274 g/mol. The van der Waals surface area contributed by atoms with Crippen LogP contribution in [-0.4, -0.2) is 11.0 Å². The molecular formula is C11H12BrNO3. The smallest absolute Gasteiger partial charge is 0.251 e. The van der Waals surface area contributed by atoms with Gasteiger partial charge in [-0.15, -0.1) is 0 Å². The second-order valence-corrected chi connectivity index (χ2v) is 5.05. The molecule has 1 saturated carbocycles. The zero-order valence-corrected chi connectivity index (χ0v) is 10.2. The fourth-order valence-corrected chi connectivity index (χ4v) is 2.51. The molecule has 16 heavy (non-hydrogen) atoms. The normalized spacial score (nSPS) is 19.9. The largest absolute Gasteiger partial charge is 0.448 e. The Morgan fingerprint density at radius 3 is 2.56 bits per heavy atom. The van der Waals surface area contributed by atoms with Crippen molar-refractivity contribution in [3.05, 3.63) is 22.2 Å². The first kappa shape index (κ1) is 10.4. The summed E-state index contributed by atoms with van der Waals surface area (Å²) in [5.74, 6) is 1.16. The monoisotopic (exact) mass is 285 g/mol. The fourth-order valence-electron chi connectivity index (χ4n) is 2.05. The lowest BCUT2D eigenvalue weighted by molar-refractivity contribution is -0.138. The first-order valence-corrected chi connectivity index (χ1v) is 6.09. The van der Waals surface area contributed by atoms with Gasteiger partial charge in [0.05, 0.1) is 0 Å². The molecule has 0 radical (unpaired) electrons. The summed E-state index contributed by atoms with van der Waals surface area (Å²) in [6.45, 7) is 0.379. The quantitative estimate of drug-likeness (QED) is 0.820. The molecule has 1 fully saturated rings. The number of fused-ring (bicyclic) bond motifs is 1. The topological polar surface area (TPSA) is 50.7 Å². The summed E-state index contributed by atoms with van der Waals surface area (Å²) in [6, 6.07) is 3.80. The Morgan fingerprint density at radius 2 is 2.00 bits per heavy atom. The van der Waals surface area contributed by atoms with Crippen LogP contribution in [0.25, 0.3) is 0 Å². The van der Waals surface area contributed by atoms with E-state index in [1.165, 1.54) is 0 Å². The number of hydroxylamine groups is 1. The van der Waals surface area contributed by atoms with Crippen LogP contribution in [0.15, 0.2) is 16.6 Å². The molecule has 0 saturated heterocycles. The van der Waals surface area contributed by atoms with Gasteiger partial charge in [0, 0.05) is 23.9 Å². The highest BCUT2D eigenvalue weighted by Gasteiger charge is 2.47. The Hall–Kier alpha value is -0.780. The Balaban J connectivity index is 1.93. The SMILES string of the molecule is ONCc1cc2c(cc1Br)OC1(CCC1)O2. The fraction of sp³-hybridized carbons (Fsp3) is 0.455. The van der Waals surface area contributed by atoms with E-state index >= 15 is 0 Å². The molecule has 3 rings (SSSR count). The average Bonchev–Trinajstić information content (AvgIpc) is 2.57. The second kappa shape index (κ2) is 3.61. The van der Waals surface area contributed by atoms with E-state index in [-0.39, 0.29) is 0 Å². The molecule has 1 aliphatic heterocycles. The van der Waals surface area contributed by atoms with Crippen molar-refractivity contribution in [2.24, 2.45) is 0 Å². The van der Waals surface area contributed by atoms with Crippen LogP contribution in [0.1, 0.15) is 24.8 Å². The van der Waals surface area contributed by atoms with Crippen LogP contribution in [-0.2, 0) is 6.54 Å². The third-order valence-corrected chi connectivity index (χ3v) is 3.83. The zero-order valence-electron chi connectivity index (χ0n) is 8.62. The standard InChI is InChI=1S/C11H12BrNO3/c12-8-5-10-9(4-7(8)6-13-14)15-11(16-10)2-1-3-11/h4-5,13-14H,1-3,6H2. The van der Waals surface area contributed by atoms with Gasteiger partial charge in [0.15, 0.2) is 11.5 Å². The highest BCUT2D eigenvalue weighted by atomic mass is 79.9. The number of rotatable bonds is 2. The van der Waals surface area contributed by atoms with Gasteiger partial charge in [-0.3, -0.25) is 0 Å². The predicted octanol–water partition coefficient (Wildman–Crippen LogP) is 2.58. The molecule has 2 aliphatic rings. The van der Waals surface area contributed by atoms with Gasteiger partial charge < -0.3 is 14.7 Å². The third kappa shape index (κ3) is 1.50. The predicted molar refractivity (Wildman–Crippen MR) is 60.6 cm³/mol. The molecule has 1 aliphatic carbocycles. The molecule has 1 aromatic carbocycles. The minimum absolute atomic E-state index is 0.379. The molecule has 0 bridgehead atoms. The molecule has 4 nitrogen and oxygen atoms in total. The minimum Gasteiger partial charge on any atom is -0.448 e. The van der Waals surface area contributed by atoms with E-state index in [1.54, 1.807) is 0 Å². The van der Waals surface area contributed by atoms with Crippen molar-refractivity contribution < 1.29 is 14.7 Å². The van der Waals surface area contributed by atoms with Crippen LogP contribution < -0.4 is 15.0 Å². The van der Waals surface area contributed by atoms with Gasteiger partial charge in [0.2, 0.25) is 0 Å². The van der Waals surface area contributed by atoms with Crippen LogP contribution in [0.4, 0.5) is 0 Å². The van der Waals surface area contributed by atoms with Crippen molar-refractivity contribution in [2.75, 3.05) is 0 Å². The van der Waals surface area contributed by atoms with Gasteiger partial charge in [-0.05, 0) is 24.1 Å². The zero-order chi connectivity index (χ0) is 11.2. The maximum atomic E-state index is 8.71. The van der Waals surface area contributed by atoms with Gasteiger partial charge in [0.25, 0.3) is 5.79 Å². The van der Waals surface area contributed by atoms with Crippen LogP contribution in [0.2, 0.25) is 0 Å². The van der Waals surface area contributed by atoms with E-state index in [1.807, 2.05) is 12.1 Å². The summed E-state index contributed by atoms with van der Waals surface area (Å²) in [7, 11) is 0. The van der Waals surface area contributed by atoms with Crippen molar-refractivity contribution in [1.82, 2.24) is 5.48 Å². The number of hydrogen-bond donors (Lipinski definition) is 2. The highest BCUT2D eigenvalue weighted by molar-refractivity contribution is 9.10. The highest BCUT2D eigenvalue weighted by Crippen LogP contribution is 2.49. The summed E-state index contributed by atoms with van der Waals surface area (Å²) >= 11 is 3.44. The molecule has 0 aromatic heterocycles. The summed E-state index contributed by atoms with van der Waals surface area (Å²) in [4.78, 5) is 0. The Labute approximate surface area is 102 Å². The average molecular weight is 286 g/mol. The van der Waals surface area contributed by atoms with Crippen molar-refractivity contribution in [2.45, 2.75) is 31.6 Å². The van der Waals surface area contributed by atoms with E-state index in [2.05, 4.69) is 21.4 Å². The summed E-state index contributed by atoms with van der Waals surface area (Å²) in [5, 5.41) is 8.71. The minimum atomic E-state index is -0.396. The molecule has 2 N–H and O–H groups in total. The molecule has 5 heteroatoms. The number of hydrogen-bond acceptors (Lipinski definition) is 4. The van der Waals surface area contributed by atoms with Crippen molar-refractivity contribution in [3.8, 4) is 11.5 Å². The lowest BCUT2D eigenvalue weighted by atomic mass is 9.91.